The van der Waals surface area contributed by atoms with Crippen LogP contribution in [-0.2, 0) is 27.5 Å². The molecule has 0 bridgehead atoms. The molecule has 1 saturated carbocycles. The van der Waals surface area contributed by atoms with Crippen LogP contribution in [0, 0.1) is 6.92 Å². The van der Waals surface area contributed by atoms with Crippen LogP contribution in [0.1, 0.15) is 59.3 Å². The number of aromatic nitrogens is 1. The summed E-state index contributed by atoms with van der Waals surface area (Å²) in [4.78, 5) is 47.8. The van der Waals surface area contributed by atoms with E-state index in [0.717, 1.165) is 41.5 Å². The van der Waals surface area contributed by atoms with E-state index in [4.69, 9.17) is 24.5 Å². The number of carbonyl (C=O) groups is 4. The zero-order valence-corrected chi connectivity index (χ0v) is 29.2. The molecular formula is C37H38F6N4O8. The maximum Gasteiger partial charge on any atom is 0.490 e. The number of hydrogen-bond acceptors (Lipinski definition) is 8. The van der Waals surface area contributed by atoms with E-state index in [1.165, 1.54) is 5.56 Å². The molecule has 1 fully saturated rings. The fourth-order valence-electron chi connectivity index (χ4n) is 5.62. The van der Waals surface area contributed by atoms with Gasteiger partial charge in [-0.05, 0) is 74.6 Å². The van der Waals surface area contributed by atoms with E-state index in [1.807, 2.05) is 55.5 Å². The average molecular weight is 781 g/mol. The quantitative estimate of drug-likeness (QED) is 0.0591. The predicted molar refractivity (Wildman–Crippen MR) is 185 cm³/mol. The first kappa shape index (κ1) is 43.7. The first-order valence-electron chi connectivity index (χ1n) is 16.5. The standard InChI is InChI=1S/C33H36N4O4.2C2HF3O2/c1-23-19-26(29-9-5-6-10-30(29)35-23)22-41-28-13-11-25(12-14-28)32(39)36-33(20-31(38)37-40)17-15-27(16-18-33)34-21-24-7-3-2-4-8-24;2*3-2(4,5)1(6)7/h2-14,19,27,34,40H,15-18,20-22H2,1H3,(H,36,39)(H,37,38);2*(H,6,7)/t27-,33+;;. The third kappa shape index (κ3) is 14.2. The third-order valence-corrected chi connectivity index (χ3v) is 8.31. The van der Waals surface area contributed by atoms with E-state index in [0.29, 0.717) is 30.8 Å². The smallest absolute Gasteiger partial charge is 0.489 e. The number of carboxylic acid groups (broad SMARTS) is 2. The van der Waals surface area contributed by atoms with E-state index in [1.54, 1.807) is 29.7 Å². The van der Waals surface area contributed by atoms with Gasteiger partial charge in [0, 0.05) is 40.3 Å². The van der Waals surface area contributed by atoms with Gasteiger partial charge < -0.3 is 25.6 Å². The monoisotopic (exact) mass is 780 g/mol. The van der Waals surface area contributed by atoms with Gasteiger partial charge in [0.15, 0.2) is 0 Å². The van der Waals surface area contributed by atoms with Crippen molar-refractivity contribution in [1.82, 2.24) is 21.1 Å². The summed E-state index contributed by atoms with van der Waals surface area (Å²) in [5.41, 5.74) is 5.61. The number of ether oxygens (including phenoxy) is 1. The number of amides is 2. The molecule has 18 heteroatoms. The van der Waals surface area contributed by atoms with Crippen molar-refractivity contribution in [1.29, 1.82) is 0 Å². The predicted octanol–water partition coefficient (Wildman–Crippen LogP) is 6.49. The van der Waals surface area contributed by atoms with E-state index >= 15 is 0 Å². The highest BCUT2D eigenvalue weighted by molar-refractivity contribution is 5.95. The SMILES string of the molecule is Cc1cc(COc2ccc(C(=O)N[C@]3(CC(=O)NO)CC[C@H](NCc4ccccc4)CC3)cc2)c2ccccc2n1.O=C(O)C(F)(F)F.O=C(O)C(F)(F)F. The van der Waals surface area contributed by atoms with Crippen molar-refractivity contribution in [2.45, 2.75) is 76.1 Å². The Hall–Kier alpha value is -5.75. The fourth-order valence-corrected chi connectivity index (χ4v) is 5.62. The lowest BCUT2D eigenvalue weighted by Gasteiger charge is -2.40. The summed E-state index contributed by atoms with van der Waals surface area (Å²) in [5, 5.41) is 31.2. The lowest BCUT2D eigenvalue weighted by atomic mass is 9.76. The Bertz CT molecular complexity index is 1880. The molecule has 0 unspecified atom stereocenters. The molecular weight excluding hydrogens is 742 g/mol. The molecule has 55 heavy (non-hydrogen) atoms. The van der Waals surface area contributed by atoms with Crippen LogP contribution in [0.3, 0.4) is 0 Å². The molecule has 1 aliphatic rings. The molecule has 6 N–H and O–H groups in total. The number of fused-ring (bicyclic) bond motifs is 1. The Morgan fingerprint density at radius 2 is 1.38 bits per heavy atom. The van der Waals surface area contributed by atoms with Crippen molar-refractivity contribution in [2.24, 2.45) is 0 Å². The molecule has 0 radical (unpaired) electrons. The van der Waals surface area contributed by atoms with E-state index in [-0.39, 0.29) is 18.4 Å². The van der Waals surface area contributed by atoms with Crippen LogP contribution < -0.4 is 20.9 Å². The van der Waals surface area contributed by atoms with E-state index < -0.39 is 35.7 Å². The molecule has 0 saturated heterocycles. The van der Waals surface area contributed by atoms with Gasteiger partial charge in [-0.2, -0.15) is 26.3 Å². The van der Waals surface area contributed by atoms with Gasteiger partial charge in [0.25, 0.3) is 5.91 Å². The minimum absolute atomic E-state index is 0.0150. The molecule has 2 amide bonds. The molecule has 12 nitrogen and oxygen atoms in total. The van der Waals surface area contributed by atoms with Crippen LogP contribution in [0.25, 0.3) is 10.9 Å². The topological polar surface area (TPSA) is 187 Å². The van der Waals surface area contributed by atoms with Crippen molar-refractivity contribution in [3.8, 4) is 5.75 Å². The van der Waals surface area contributed by atoms with E-state index in [2.05, 4.69) is 27.8 Å². The number of halogens is 6. The number of alkyl halides is 6. The van der Waals surface area contributed by atoms with Crippen LogP contribution in [-0.4, -0.2) is 68.1 Å². The molecule has 5 rings (SSSR count). The number of para-hydroxylation sites is 1. The van der Waals surface area contributed by atoms with Gasteiger partial charge in [-0.1, -0.05) is 48.5 Å². The maximum atomic E-state index is 13.3. The number of nitrogens with one attached hydrogen (secondary N) is 3. The number of aryl methyl sites for hydroxylation is 1. The van der Waals surface area contributed by atoms with Crippen LogP contribution in [0.4, 0.5) is 26.3 Å². The Kier molecular flexibility index (Phi) is 15.5. The van der Waals surface area contributed by atoms with Gasteiger partial charge in [0.2, 0.25) is 5.91 Å². The lowest BCUT2D eigenvalue weighted by Crippen LogP contribution is -2.54. The lowest BCUT2D eigenvalue weighted by molar-refractivity contribution is -0.193. The summed E-state index contributed by atoms with van der Waals surface area (Å²) in [6.07, 6.45) is -7.29. The second-order valence-electron chi connectivity index (χ2n) is 12.4. The van der Waals surface area contributed by atoms with Crippen LogP contribution in [0.2, 0.25) is 0 Å². The van der Waals surface area contributed by atoms with Gasteiger partial charge in [-0.3, -0.25) is 19.8 Å². The summed E-state index contributed by atoms with van der Waals surface area (Å²) in [5.74, 6) is -5.63. The molecule has 1 heterocycles. The zero-order valence-electron chi connectivity index (χ0n) is 29.2. The molecule has 4 aromatic rings. The minimum atomic E-state index is -5.08. The largest absolute Gasteiger partial charge is 0.490 e. The van der Waals surface area contributed by atoms with E-state index in [9.17, 15) is 41.1 Å². The Morgan fingerprint density at radius 3 is 1.93 bits per heavy atom. The number of hydrogen-bond donors (Lipinski definition) is 6. The minimum Gasteiger partial charge on any atom is -0.489 e. The number of pyridine rings is 1. The summed E-state index contributed by atoms with van der Waals surface area (Å²) in [6, 6.07) is 27.5. The molecule has 1 aliphatic carbocycles. The Labute approximate surface area is 310 Å². The number of aliphatic carboxylic acids is 2. The highest BCUT2D eigenvalue weighted by Gasteiger charge is 2.40. The molecule has 3 aromatic carbocycles. The van der Waals surface area contributed by atoms with Gasteiger partial charge in [-0.15, -0.1) is 0 Å². The van der Waals surface area contributed by atoms with Gasteiger partial charge in [0.1, 0.15) is 12.4 Å². The molecule has 296 valence electrons. The van der Waals surface area contributed by atoms with Crippen molar-refractivity contribution in [3.05, 3.63) is 107 Å². The van der Waals surface area contributed by atoms with Crippen molar-refractivity contribution in [2.75, 3.05) is 0 Å². The summed E-state index contributed by atoms with van der Waals surface area (Å²) < 4.78 is 69.5. The molecule has 0 atom stereocenters. The number of nitrogens with zero attached hydrogens (tertiary/aromatic N) is 1. The summed E-state index contributed by atoms with van der Waals surface area (Å²) in [7, 11) is 0. The number of hydroxylamine groups is 1. The maximum absolute atomic E-state index is 13.3. The molecule has 0 aliphatic heterocycles. The summed E-state index contributed by atoms with van der Waals surface area (Å²) >= 11 is 0. The van der Waals surface area contributed by atoms with Crippen molar-refractivity contribution < 1.29 is 65.7 Å². The second kappa shape index (κ2) is 19.5. The van der Waals surface area contributed by atoms with Gasteiger partial charge in [-0.25, -0.2) is 15.1 Å². The highest BCUT2D eigenvalue weighted by Crippen LogP contribution is 2.32. The number of carboxylic acids is 2. The Morgan fingerprint density at radius 1 is 0.836 bits per heavy atom. The van der Waals surface area contributed by atoms with Crippen molar-refractivity contribution in [3.63, 3.8) is 0 Å². The molecule has 1 aromatic heterocycles. The number of benzene rings is 3. The Balaban J connectivity index is 0.000000494. The van der Waals surface area contributed by atoms with Gasteiger partial charge in [0.05, 0.1) is 11.9 Å². The number of carbonyl (C=O) groups excluding carboxylic acids is 2. The normalized spacial score (nSPS) is 16.7. The molecule has 0 spiro atoms. The first-order chi connectivity index (χ1) is 25.8. The van der Waals surface area contributed by atoms with Crippen LogP contribution in [0.5, 0.6) is 5.75 Å². The fraction of sp³-hybridized carbons (Fsp3) is 0.324. The third-order valence-electron chi connectivity index (χ3n) is 8.31. The van der Waals surface area contributed by atoms with Crippen LogP contribution >= 0.6 is 0 Å². The van der Waals surface area contributed by atoms with Crippen LogP contribution in [0.15, 0.2) is 84.9 Å². The summed E-state index contributed by atoms with van der Waals surface area (Å²) in [6.45, 7) is 3.12. The zero-order chi connectivity index (χ0) is 40.8. The first-order valence-corrected chi connectivity index (χ1v) is 16.5. The average Bonchev–Trinajstić information content (AvgIpc) is 3.14. The van der Waals surface area contributed by atoms with Gasteiger partial charge >= 0.3 is 24.3 Å². The van der Waals surface area contributed by atoms with Crippen molar-refractivity contribution >= 4 is 34.7 Å². The number of rotatable bonds is 10. The highest BCUT2D eigenvalue weighted by atomic mass is 19.4. The second-order valence-corrected chi connectivity index (χ2v) is 12.4.